The summed E-state index contributed by atoms with van der Waals surface area (Å²) in [6.45, 7) is 0. The van der Waals surface area contributed by atoms with E-state index in [4.69, 9.17) is 25.5 Å². The number of aromatic amines is 1. The van der Waals surface area contributed by atoms with E-state index < -0.39 is 26.7 Å². The summed E-state index contributed by atoms with van der Waals surface area (Å²) in [4.78, 5) is 31.7. The van der Waals surface area contributed by atoms with E-state index in [0.717, 1.165) is 6.20 Å². The summed E-state index contributed by atoms with van der Waals surface area (Å²) in [5.41, 5.74) is 2.30. The van der Waals surface area contributed by atoms with Gasteiger partial charge in [-0.05, 0) is 0 Å². The Labute approximate surface area is 88.8 Å². The molecular weight excluding hydrogens is 264 g/mol. The average Bonchev–Trinajstić information content (AvgIpc) is 2.47. The Balaban J connectivity index is 2.88. The van der Waals surface area contributed by atoms with Gasteiger partial charge in [0.15, 0.2) is 5.95 Å². The van der Waals surface area contributed by atoms with Crippen LogP contribution in [-0.4, -0.2) is 35.3 Å². The van der Waals surface area contributed by atoms with E-state index in [1.807, 2.05) is 0 Å². The summed E-state index contributed by atoms with van der Waals surface area (Å²) in [5.74, 6) is -0.517. The van der Waals surface area contributed by atoms with Crippen molar-refractivity contribution in [1.29, 1.82) is 0 Å². The summed E-state index contributed by atoms with van der Waals surface area (Å²) in [7, 11) is -10.1. The normalized spacial score (nSPS) is 17.8. The molecule has 0 amide bonds. The lowest BCUT2D eigenvalue weighted by atomic mass is 10.9. The summed E-state index contributed by atoms with van der Waals surface area (Å²) < 4.78 is 26.1. The van der Waals surface area contributed by atoms with Crippen molar-refractivity contribution in [3.63, 3.8) is 0 Å². The van der Waals surface area contributed by atoms with Crippen molar-refractivity contribution in [2.24, 2.45) is 0 Å². The number of nitrogens with two attached hydrogens (primary N) is 1. The number of aromatic nitrogens is 2. The highest BCUT2D eigenvalue weighted by Gasteiger charge is 2.45. The lowest BCUT2D eigenvalue weighted by Crippen LogP contribution is -2.12. The number of nitrogen functional groups attached to an aromatic ring is 1. The molecule has 0 radical (unpaired) electrons. The van der Waals surface area contributed by atoms with E-state index >= 15 is 0 Å². The highest BCUT2D eigenvalue weighted by Crippen LogP contribution is 2.60. The minimum absolute atomic E-state index is 0.124. The van der Waals surface area contributed by atoms with E-state index in [-0.39, 0.29) is 5.95 Å². The smallest absolute Gasteiger partial charge is 0.404 e. The molecule has 2 atom stereocenters. The number of hydrogen-bond acceptors (Lipinski definition) is 6. The van der Waals surface area contributed by atoms with Gasteiger partial charge >= 0.3 is 15.2 Å². The molecule has 0 aliphatic rings. The van der Waals surface area contributed by atoms with Crippen LogP contribution in [0.4, 0.5) is 5.95 Å². The van der Waals surface area contributed by atoms with Gasteiger partial charge in [-0.2, -0.15) is 0 Å². The number of imidazole rings is 1. The van der Waals surface area contributed by atoms with Gasteiger partial charge in [0.05, 0.1) is 6.20 Å². The zero-order chi connectivity index (χ0) is 12.6. The van der Waals surface area contributed by atoms with E-state index in [1.54, 1.807) is 0 Å². The second-order valence-corrected chi connectivity index (χ2v) is 6.60. The lowest BCUT2D eigenvalue weighted by Gasteiger charge is -2.17. The molecule has 1 rings (SSSR count). The molecule has 10 nitrogen and oxygen atoms in total. The maximum absolute atomic E-state index is 11.2. The van der Waals surface area contributed by atoms with Gasteiger partial charge in [0.25, 0.3) is 5.59 Å². The fraction of sp³-hybridized carbons (Fsp3) is 0.250. The van der Waals surface area contributed by atoms with Gasteiger partial charge in [-0.3, -0.25) is 9.55 Å². The van der Waals surface area contributed by atoms with Crippen molar-refractivity contribution in [3.05, 3.63) is 6.20 Å². The molecule has 1 aromatic rings. The van der Waals surface area contributed by atoms with Crippen molar-refractivity contribution in [2.45, 2.75) is 5.59 Å². The molecule has 0 spiro atoms. The maximum Gasteiger partial charge on any atom is 0.418 e. The molecule has 0 aliphatic heterocycles. The number of hydrogen-bond donors (Lipinski definition) is 6. The van der Waals surface area contributed by atoms with Crippen molar-refractivity contribution in [1.82, 2.24) is 9.97 Å². The third kappa shape index (κ3) is 3.05. The van der Waals surface area contributed by atoms with Crippen LogP contribution in [0.25, 0.3) is 0 Å². The largest absolute Gasteiger partial charge is 0.418 e. The second-order valence-electron chi connectivity index (χ2n) is 2.72. The molecule has 2 unspecified atom stereocenters. The number of anilines is 1. The van der Waals surface area contributed by atoms with Crippen molar-refractivity contribution in [3.8, 4) is 5.88 Å². The molecule has 0 aromatic carbocycles. The molecule has 0 saturated carbocycles. The van der Waals surface area contributed by atoms with E-state index in [1.165, 1.54) is 0 Å². The molecule has 1 heterocycles. The molecule has 92 valence electrons. The van der Waals surface area contributed by atoms with Gasteiger partial charge in [0.2, 0.25) is 5.88 Å². The summed E-state index contributed by atoms with van der Waals surface area (Å²) in [5, 5.41) is 8.91. The van der Waals surface area contributed by atoms with E-state index in [2.05, 4.69) is 14.5 Å². The predicted octanol–water partition coefficient (Wildman–Crippen LogP) is -0.990. The third-order valence-electron chi connectivity index (χ3n) is 1.39. The van der Waals surface area contributed by atoms with E-state index in [9.17, 15) is 9.13 Å². The summed E-state index contributed by atoms with van der Waals surface area (Å²) in [6, 6.07) is 0. The zero-order valence-corrected chi connectivity index (χ0v) is 9.38. The first-order chi connectivity index (χ1) is 7.13. The second kappa shape index (κ2) is 4.17. The number of H-pyrrole nitrogens is 1. The molecule has 12 heteroatoms. The SMILES string of the molecule is Nc1ncc(OP(=O)(O)C(O)P(=O)(O)O)[nH]1. The van der Waals surface area contributed by atoms with Gasteiger partial charge in [-0.15, -0.1) is 0 Å². The Morgan fingerprint density at radius 2 is 2.00 bits per heavy atom. The zero-order valence-electron chi connectivity index (χ0n) is 7.59. The summed E-state index contributed by atoms with van der Waals surface area (Å²) >= 11 is 0. The number of rotatable bonds is 4. The predicted molar refractivity (Wildman–Crippen MR) is 51.5 cm³/mol. The van der Waals surface area contributed by atoms with Crippen LogP contribution in [-0.2, 0) is 9.13 Å². The molecular formula is C4H9N3O7P2. The molecule has 1 aromatic heterocycles. The van der Waals surface area contributed by atoms with Crippen LogP contribution in [0.2, 0.25) is 0 Å². The minimum Gasteiger partial charge on any atom is -0.404 e. The standard InChI is InChI=1S/C4H9N3O7P2/c5-3-6-1-2(7-3)14-16(12,13)4(8)15(9,10)11/h1,4,8H,(H,12,13)(H3,5,6,7)(H2,9,10,11). The molecule has 7 N–H and O–H groups in total. The van der Waals surface area contributed by atoms with Crippen LogP contribution in [0, 0.1) is 0 Å². The van der Waals surface area contributed by atoms with Gasteiger partial charge in [-0.1, -0.05) is 0 Å². The fourth-order valence-corrected chi connectivity index (χ4v) is 2.87. The molecule has 0 bridgehead atoms. The first-order valence-electron chi connectivity index (χ1n) is 3.69. The number of nitrogens with zero attached hydrogens (tertiary/aromatic N) is 1. The highest BCUT2D eigenvalue weighted by molar-refractivity contribution is 7.71. The molecule has 0 saturated heterocycles. The Morgan fingerprint density at radius 3 is 2.38 bits per heavy atom. The number of aliphatic hydroxyl groups is 1. The molecule has 16 heavy (non-hydrogen) atoms. The lowest BCUT2D eigenvalue weighted by molar-refractivity contribution is 0.222. The Kier molecular flexibility index (Phi) is 3.44. The molecule has 0 aliphatic carbocycles. The maximum atomic E-state index is 11.2. The Hall–Kier alpha value is -0.890. The number of nitrogens with one attached hydrogen (secondary N) is 1. The summed E-state index contributed by atoms with van der Waals surface area (Å²) in [6.07, 6.45) is 0.921. The van der Waals surface area contributed by atoms with Crippen molar-refractivity contribution < 1.29 is 33.4 Å². The van der Waals surface area contributed by atoms with Gasteiger partial charge in [0, 0.05) is 0 Å². The Morgan fingerprint density at radius 1 is 1.44 bits per heavy atom. The topological polar surface area (TPSA) is 179 Å². The minimum atomic E-state index is -5.16. The highest BCUT2D eigenvalue weighted by atomic mass is 31.2. The van der Waals surface area contributed by atoms with Crippen LogP contribution >= 0.6 is 15.2 Å². The number of aliphatic hydroxyl groups excluding tert-OH is 1. The third-order valence-corrected chi connectivity index (χ3v) is 4.82. The van der Waals surface area contributed by atoms with Crippen LogP contribution in [0.1, 0.15) is 0 Å². The van der Waals surface area contributed by atoms with Gasteiger partial charge < -0.3 is 30.0 Å². The van der Waals surface area contributed by atoms with Crippen molar-refractivity contribution >= 4 is 21.1 Å². The van der Waals surface area contributed by atoms with Crippen LogP contribution in [0.5, 0.6) is 5.88 Å². The van der Waals surface area contributed by atoms with Crippen molar-refractivity contribution in [2.75, 3.05) is 5.73 Å². The molecule has 0 fully saturated rings. The fourth-order valence-electron chi connectivity index (χ4n) is 0.743. The van der Waals surface area contributed by atoms with Crippen LogP contribution < -0.4 is 10.3 Å². The first kappa shape index (κ1) is 13.2. The Bertz CT molecular complexity index is 466. The van der Waals surface area contributed by atoms with Gasteiger partial charge in [-0.25, -0.2) is 9.55 Å². The van der Waals surface area contributed by atoms with Crippen LogP contribution in [0.3, 0.4) is 0 Å². The quantitative estimate of drug-likeness (QED) is 0.375. The average molecular weight is 273 g/mol. The van der Waals surface area contributed by atoms with Gasteiger partial charge in [0.1, 0.15) is 0 Å². The van der Waals surface area contributed by atoms with Crippen LogP contribution in [0.15, 0.2) is 6.20 Å². The van der Waals surface area contributed by atoms with E-state index in [0.29, 0.717) is 0 Å². The monoisotopic (exact) mass is 273 g/mol. The first-order valence-corrected chi connectivity index (χ1v) is 7.01.